The third kappa shape index (κ3) is 73.0. The number of unbranched alkanes of at least 4 members (excludes halogenated alkanes) is 46. The highest BCUT2D eigenvalue weighted by Crippen LogP contribution is 2.45. The molecule has 0 aliphatic carbocycles. The highest BCUT2D eigenvalue weighted by atomic mass is 31.2. The first-order chi connectivity index (χ1) is 48.3. The SMILES string of the molecule is CCCCCCCC(=O)OC[C@H](COP(=O)(O)OC[C@H](O)COP(=O)(O)OC[C@@H](COC(=O)CCCCCCCCCCCCCCCCC(C)CC)OC(=O)CCCCCCCCCCCCCCCCCCCCC(C)C)OC(=O)CCCCCCCCCCCCCCCC(C)C. The number of rotatable bonds is 79. The minimum Gasteiger partial charge on any atom is -0.462 e. The summed E-state index contributed by atoms with van der Waals surface area (Å²) in [6.45, 7) is 12.0. The smallest absolute Gasteiger partial charge is 0.462 e. The molecule has 0 amide bonds. The molecular weight excluding hydrogens is 1310 g/mol. The van der Waals surface area contributed by atoms with E-state index in [1.165, 1.54) is 225 Å². The van der Waals surface area contributed by atoms with Crippen molar-refractivity contribution in [2.45, 2.75) is 439 Å². The number of ether oxygens (including phenoxy) is 4. The minimum absolute atomic E-state index is 0.106. The van der Waals surface area contributed by atoms with Gasteiger partial charge in [0.15, 0.2) is 12.2 Å². The molecule has 0 aliphatic heterocycles. The lowest BCUT2D eigenvalue weighted by molar-refractivity contribution is -0.161. The van der Waals surface area contributed by atoms with Gasteiger partial charge in [-0.15, -0.1) is 0 Å². The van der Waals surface area contributed by atoms with Crippen LogP contribution in [0, 0.1) is 17.8 Å². The second-order valence-corrected chi connectivity index (χ2v) is 33.3. The van der Waals surface area contributed by atoms with Crippen LogP contribution < -0.4 is 0 Å². The molecule has 0 fully saturated rings. The fourth-order valence-electron chi connectivity index (χ4n) is 12.5. The number of hydrogen-bond donors (Lipinski definition) is 3. The maximum atomic E-state index is 13.1. The van der Waals surface area contributed by atoms with Crippen LogP contribution in [0.1, 0.15) is 421 Å². The normalized spacial score (nSPS) is 14.2. The van der Waals surface area contributed by atoms with Gasteiger partial charge in [-0.3, -0.25) is 37.3 Å². The van der Waals surface area contributed by atoms with Crippen molar-refractivity contribution < 1.29 is 80.2 Å². The molecule has 17 nitrogen and oxygen atoms in total. The quantitative estimate of drug-likeness (QED) is 0.0222. The molecule has 0 aliphatic rings. The van der Waals surface area contributed by atoms with E-state index in [2.05, 4.69) is 48.5 Å². The average molecular weight is 1470 g/mol. The number of aliphatic hydroxyl groups excluding tert-OH is 1. The number of phosphoric acid groups is 2. The van der Waals surface area contributed by atoms with Crippen LogP contribution in [0.5, 0.6) is 0 Å². The van der Waals surface area contributed by atoms with Crippen molar-refractivity contribution in [2.24, 2.45) is 17.8 Å². The molecule has 594 valence electrons. The lowest BCUT2D eigenvalue weighted by atomic mass is 9.99. The zero-order valence-corrected chi connectivity index (χ0v) is 67.5. The first kappa shape index (κ1) is 98.1. The maximum Gasteiger partial charge on any atom is 0.472 e. The number of carbonyl (C=O) groups is 4. The van der Waals surface area contributed by atoms with E-state index in [9.17, 15) is 43.2 Å². The Kier molecular flexibility index (Phi) is 69.9. The highest BCUT2D eigenvalue weighted by molar-refractivity contribution is 7.47. The Morgan fingerprint density at radius 1 is 0.290 bits per heavy atom. The molecule has 6 atom stereocenters. The zero-order valence-electron chi connectivity index (χ0n) is 65.7. The van der Waals surface area contributed by atoms with Crippen molar-refractivity contribution in [3.8, 4) is 0 Å². The van der Waals surface area contributed by atoms with Crippen molar-refractivity contribution in [3.05, 3.63) is 0 Å². The van der Waals surface area contributed by atoms with Crippen molar-refractivity contribution in [2.75, 3.05) is 39.6 Å². The Hall–Kier alpha value is -1.94. The molecular formula is C81H158O17P2. The fraction of sp³-hybridized carbons (Fsp3) is 0.951. The van der Waals surface area contributed by atoms with E-state index in [-0.39, 0.29) is 25.7 Å². The Morgan fingerprint density at radius 3 is 0.760 bits per heavy atom. The van der Waals surface area contributed by atoms with Gasteiger partial charge in [-0.1, -0.05) is 370 Å². The van der Waals surface area contributed by atoms with Gasteiger partial charge in [0.25, 0.3) is 0 Å². The Morgan fingerprint density at radius 2 is 0.510 bits per heavy atom. The summed E-state index contributed by atoms with van der Waals surface area (Å²) in [5.41, 5.74) is 0. The van der Waals surface area contributed by atoms with Crippen LogP contribution in [0.25, 0.3) is 0 Å². The van der Waals surface area contributed by atoms with Gasteiger partial charge in [-0.05, 0) is 43.4 Å². The maximum absolute atomic E-state index is 13.1. The first-order valence-corrected chi connectivity index (χ1v) is 44.9. The average Bonchev–Trinajstić information content (AvgIpc) is 0.913. The monoisotopic (exact) mass is 1470 g/mol. The van der Waals surface area contributed by atoms with Crippen LogP contribution in [-0.2, 0) is 65.4 Å². The van der Waals surface area contributed by atoms with Crippen LogP contribution in [-0.4, -0.2) is 96.7 Å². The molecule has 0 aromatic rings. The predicted molar refractivity (Wildman–Crippen MR) is 409 cm³/mol. The van der Waals surface area contributed by atoms with Crippen LogP contribution in [0.2, 0.25) is 0 Å². The van der Waals surface area contributed by atoms with E-state index in [0.29, 0.717) is 25.7 Å². The molecule has 100 heavy (non-hydrogen) atoms. The Balaban J connectivity index is 5.13. The molecule has 19 heteroatoms. The second-order valence-electron chi connectivity index (χ2n) is 30.4. The molecule has 0 rings (SSSR count). The molecule has 0 saturated heterocycles. The summed E-state index contributed by atoms with van der Waals surface area (Å²) >= 11 is 0. The van der Waals surface area contributed by atoms with Crippen molar-refractivity contribution in [1.29, 1.82) is 0 Å². The van der Waals surface area contributed by atoms with E-state index < -0.39 is 97.5 Å². The number of hydrogen-bond acceptors (Lipinski definition) is 15. The van der Waals surface area contributed by atoms with Gasteiger partial charge < -0.3 is 33.8 Å². The van der Waals surface area contributed by atoms with Crippen LogP contribution in [0.15, 0.2) is 0 Å². The van der Waals surface area contributed by atoms with E-state index >= 15 is 0 Å². The number of esters is 4. The van der Waals surface area contributed by atoms with Gasteiger partial charge >= 0.3 is 39.5 Å². The molecule has 0 saturated carbocycles. The first-order valence-electron chi connectivity index (χ1n) is 41.9. The topological polar surface area (TPSA) is 237 Å². The third-order valence-corrected chi connectivity index (χ3v) is 21.1. The molecule has 3 N–H and O–H groups in total. The molecule has 0 spiro atoms. The Labute approximate surface area is 613 Å². The third-order valence-electron chi connectivity index (χ3n) is 19.2. The number of carbonyl (C=O) groups excluding carboxylic acids is 4. The van der Waals surface area contributed by atoms with Crippen LogP contribution >= 0.6 is 15.6 Å². The lowest BCUT2D eigenvalue weighted by Crippen LogP contribution is -2.30. The zero-order chi connectivity index (χ0) is 73.7. The summed E-state index contributed by atoms with van der Waals surface area (Å²) in [6, 6.07) is 0. The van der Waals surface area contributed by atoms with Gasteiger partial charge in [0.05, 0.1) is 26.4 Å². The summed E-state index contributed by atoms with van der Waals surface area (Å²) in [5, 5.41) is 10.6. The van der Waals surface area contributed by atoms with E-state index in [4.69, 9.17) is 37.0 Å². The lowest BCUT2D eigenvalue weighted by Gasteiger charge is -2.21. The summed E-state index contributed by atoms with van der Waals surface area (Å²) < 4.78 is 68.5. The van der Waals surface area contributed by atoms with Crippen molar-refractivity contribution >= 4 is 39.5 Å². The second kappa shape index (κ2) is 71.3. The minimum atomic E-state index is -4.96. The molecule has 0 radical (unpaired) electrons. The summed E-state index contributed by atoms with van der Waals surface area (Å²) in [7, 11) is -9.91. The predicted octanol–water partition coefficient (Wildman–Crippen LogP) is 24.1. The largest absolute Gasteiger partial charge is 0.472 e. The molecule has 0 heterocycles. The van der Waals surface area contributed by atoms with Crippen LogP contribution in [0.4, 0.5) is 0 Å². The highest BCUT2D eigenvalue weighted by Gasteiger charge is 2.30. The standard InChI is InChI=1S/C81H158O17P2/c1-8-10-11-45-55-62-78(83)91-68-76(97-80(85)64-58-51-44-38-32-26-20-22-28-34-40-47-53-60-73(5)6)70-95-99(87,88)93-66-75(82)67-94-100(89,90)96-71-77(69-92-79(84)63-56-49-42-36-30-24-19-18-23-29-35-41-48-54-61-74(7)9-2)98-81(86)65-57-50-43-37-31-25-17-15-13-12-14-16-21-27-33-39-46-52-59-72(3)4/h72-77,82H,8-71H2,1-7H3,(H,87,88)(H,89,90)/t74?,75-,76+,77+/m0/s1. The summed E-state index contributed by atoms with van der Waals surface area (Å²) in [6.07, 6.45) is 60.1. The van der Waals surface area contributed by atoms with E-state index in [1.807, 2.05) is 0 Å². The van der Waals surface area contributed by atoms with E-state index in [1.54, 1.807) is 0 Å². The molecule has 0 aromatic carbocycles. The number of aliphatic hydroxyl groups is 1. The van der Waals surface area contributed by atoms with Gasteiger partial charge in [0.2, 0.25) is 0 Å². The molecule has 0 aromatic heterocycles. The number of phosphoric ester groups is 2. The van der Waals surface area contributed by atoms with Gasteiger partial charge in [-0.2, -0.15) is 0 Å². The Bertz CT molecular complexity index is 1940. The van der Waals surface area contributed by atoms with Crippen molar-refractivity contribution in [1.82, 2.24) is 0 Å². The summed E-state index contributed by atoms with van der Waals surface area (Å²) in [5.74, 6) is 0.335. The molecule has 3 unspecified atom stereocenters. The van der Waals surface area contributed by atoms with Crippen LogP contribution in [0.3, 0.4) is 0 Å². The van der Waals surface area contributed by atoms with Gasteiger partial charge in [0, 0.05) is 25.7 Å². The van der Waals surface area contributed by atoms with Gasteiger partial charge in [0.1, 0.15) is 19.3 Å². The fourth-order valence-corrected chi connectivity index (χ4v) is 14.0. The molecule has 0 bridgehead atoms. The van der Waals surface area contributed by atoms with E-state index in [0.717, 1.165) is 114 Å². The van der Waals surface area contributed by atoms with Gasteiger partial charge in [-0.25, -0.2) is 9.13 Å². The van der Waals surface area contributed by atoms with Crippen molar-refractivity contribution in [3.63, 3.8) is 0 Å². The summed E-state index contributed by atoms with van der Waals surface area (Å²) in [4.78, 5) is 72.7.